The van der Waals surface area contributed by atoms with Crippen molar-refractivity contribution >= 4 is 5.82 Å². The van der Waals surface area contributed by atoms with E-state index in [4.69, 9.17) is 0 Å². The lowest BCUT2D eigenvalue weighted by Crippen LogP contribution is -2.37. The highest BCUT2D eigenvalue weighted by Crippen LogP contribution is 2.26. The van der Waals surface area contributed by atoms with Crippen LogP contribution in [0.4, 0.5) is 5.82 Å². The molecule has 21 heavy (non-hydrogen) atoms. The van der Waals surface area contributed by atoms with Crippen molar-refractivity contribution in [2.24, 2.45) is 0 Å². The molecule has 0 spiro atoms. The van der Waals surface area contributed by atoms with E-state index in [9.17, 15) is 0 Å². The topological polar surface area (TPSA) is 28.2 Å². The van der Waals surface area contributed by atoms with E-state index in [0.29, 0.717) is 6.04 Å². The van der Waals surface area contributed by atoms with Crippen LogP contribution in [0.2, 0.25) is 0 Å². The van der Waals surface area contributed by atoms with Gasteiger partial charge in [-0.1, -0.05) is 19.3 Å². The van der Waals surface area contributed by atoms with E-state index in [-0.39, 0.29) is 5.54 Å². The smallest absolute Gasteiger partial charge is 0.129 e. The summed E-state index contributed by atoms with van der Waals surface area (Å²) < 4.78 is 0. The minimum absolute atomic E-state index is 0.150. The molecule has 1 fully saturated rings. The lowest BCUT2D eigenvalue weighted by Gasteiger charge is -2.34. The first-order valence-corrected chi connectivity index (χ1v) is 8.46. The summed E-state index contributed by atoms with van der Waals surface area (Å²) in [5.41, 5.74) is 1.47. The molecule has 0 atom stereocenters. The summed E-state index contributed by atoms with van der Waals surface area (Å²) in [5, 5.41) is 3.56. The van der Waals surface area contributed by atoms with Gasteiger partial charge in [0.15, 0.2) is 0 Å². The first-order valence-electron chi connectivity index (χ1n) is 8.46. The zero-order chi connectivity index (χ0) is 15.3. The maximum absolute atomic E-state index is 4.63. The van der Waals surface area contributed by atoms with Crippen molar-refractivity contribution in [3.63, 3.8) is 0 Å². The summed E-state index contributed by atoms with van der Waals surface area (Å²) in [6.45, 7) is 10.8. The molecule has 0 radical (unpaired) electrons. The van der Waals surface area contributed by atoms with Crippen LogP contribution in [0.15, 0.2) is 18.3 Å². The zero-order valence-corrected chi connectivity index (χ0v) is 14.2. The minimum Gasteiger partial charge on any atom is -0.354 e. The van der Waals surface area contributed by atoms with Gasteiger partial charge in [0.1, 0.15) is 5.82 Å². The second-order valence-electron chi connectivity index (χ2n) is 7.20. The number of hydrogen-bond acceptors (Lipinski definition) is 3. The summed E-state index contributed by atoms with van der Waals surface area (Å²) >= 11 is 0. The van der Waals surface area contributed by atoms with Gasteiger partial charge in [0.2, 0.25) is 0 Å². The zero-order valence-electron chi connectivity index (χ0n) is 14.2. The molecule has 3 nitrogen and oxygen atoms in total. The second kappa shape index (κ2) is 7.26. The Morgan fingerprint density at radius 3 is 2.57 bits per heavy atom. The molecule has 0 aromatic carbocycles. The predicted molar refractivity (Wildman–Crippen MR) is 90.7 cm³/mol. The Morgan fingerprint density at radius 2 is 1.95 bits per heavy atom. The summed E-state index contributed by atoms with van der Waals surface area (Å²) in [6.07, 6.45) is 8.73. The second-order valence-corrected chi connectivity index (χ2v) is 7.20. The first-order chi connectivity index (χ1) is 9.99. The highest BCUT2D eigenvalue weighted by atomic mass is 15.2. The molecule has 1 heterocycles. The van der Waals surface area contributed by atoms with Crippen LogP contribution in [-0.2, 0) is 6.54 Å². The summed E-state index contributed by atoms with van der Waals surface area (Å²) in [6, 6.07) is 5.07. The Kier molecular flexibility index (Phi) is 5.63. The van der Waals surface area contributed by atoms with Crippen molar-refractivity contribution in [2.45, 2.75) is 77.9 Å². The van der Waals surface area contributed by atoms with Gasteiger partial charge in [0.05, 0.1) is 0 Å². The number of nitrogens with one attached hydrogen (secondary N) is 1. The molecule has 1 aliphatic carbocycles. The number of nitrogens with zero attached hydrogens (tertiary/aromatic N) is 2. The molecule has 1 saturated carbocycles. The van der Waals surface area contributed by atoms with Crippen molar-refractivity contribution < 1.29 is 0 Å². The van der Waals surface area contributed by atoms with Gasteiger partial charge >= 0.3 is 0 Å². The molecule has 1 N–H and O–H groups in total. The first kappa shape index (κ1) is 16.3. The van der Waals surface area contributed by atoms with Crippen LogP contribution < -0.4 is 10.2 Å². The third-order valence-electron chi connectivity index (χ3n) is 4.28. The Bertz CT molecular complexity index is 430. The van der Waals surface area contributed by atoms with Gasteiger partial charge < -0.3 is 10.2 Å². The normalized spacial score (nSPS) is 17.0. The number of anilines is 1. The Morgan fingerprint density at radius 1 is 1.24 bits per heavy atom. The van der Waals surface area contributed by atoms with Crippen molar-refractivity contribution in [3.8, 4) is 0 Å². The molecule has 0 amide bonds. The molecule has 0 unspecified atom stereocenters. The van der Waals surface area contributed by atoms with Crippen LogP contribution in [0.3, 0.4) is 0 Å². The Balaban J connectivity index is 2.07. The molecule has 0 aliphatic heterocycles. The average molecular weight is 289 g/mol. The van der Waals surface area contributed by atoms with Crippen molar-refractivity contribution in [1.29, 1.82) is 0 Å². The number of rotatable bonds is 5. The molecule has 1 aliphatic rings. The third-order valence-corrected chi connectivity index (χ3v) is 4.28. The van der Waals surface area contributed by atoms with Crippen LogP contribution in [0.1, 0.15) is 65.4 Å². The van der Waals surface area contributed by atoms with E-state index in [0.717, 1.165) is 18.9 Å². The summed E-state index contributed by atoms with van der Waals surface area (Å²) in [4.78, 5) is 7.13. The fourth-order valence-electron chi connectivity index (χ4n) is 3.09. The monoisotopic (exact) mass is 289 g/mol. The minimum atomic E-state index is 0.150. The van der Waals surface area contributed by atoms with Gasteiger partial charge in [-0.05, 0) is 58.2 Å². The van der Waals surface area contributed by atoms with Crippen LogP contribution in [0, 0.1) is 0 Å². The van der Waals surface area contributed by atoms with Crippen LogP contribution in [-0.4, -0.2) is 23.1 Å². The number of hydrogen-bond donors (Lipinski definition) is 1. The summed E-state index contributed by atoms with van der Waals surface area (Å²) in [5.74, 6) is 1.15. The maximum Gasteiger partial charge on any atom is 0.129 e. The van der Waals surface area contributed by atoms with Gasteiger partial charge in [-0.3, -0.25) is 0 Å². The number of aromatic nitrogens is 1. The lowest BCUT2D eigenvalue weighted by molar-refractivity contribution is 0.415. The molecule has 1 aromatic rings. The van der Waals surface area contributed by atoms with Gasteiger partial charge in [-0.2, -0.15) is 0 Å². The standard InChI is InChI=1S/C18H31N3/c1-5-21(16-9-7-6-8-10-16)17-13-15(11-12-19-17)14-20-18(2,3)4/h11-13,16,20H,5-10,14H2,1-4H3. The third kappa shape index (κ3) is 4.99. The molecule has 2 rings (SSSR count). The predicted octanol–water partition coefficient (Wildman–Crippen LogP) is 4.13. The molecule has 0 bridgehead atoms. The van der Waals surface area contributed by atoms with Crippen LogP contribution >= 0.6 is 0 Å². The van der Waals surface area contributed by atoms with E-state index < -0.39 is 0 Å². The van der Waals surface area contributed by atoms with Crippen molar-refractivity contribution in [1.82, 2.24) is 10.3 Å². The molecule has 0 saturated heterocycles. The Labute approximate surface area is 130 Å². The molecular weight excluding hydrogens is 258 g/mol. The van der Waals surface area contributed by atoms with E-state index in [1.807, 2.05) is 6.20 Å². The molecule has 1 aromatic heterocycles. The molecule has 118 valence electrons. The highest BCUT2D eigenvalue weighted by Gasteiger charge is 2.21. The van der Waals surface area contributed by atoms with E-state index in [2.05, 4.69) is 55.0 Å². The number of pyridine rings is 1. The van der Waals surface area contributed by atoms with Crippen molar-refractivity contribution in [3.05, 3.63) is 23.9 Å². The molecular formula is C18H31N3. The van der Waals surface area contributed by atoms with Crippen LogP contribution in [0.5, 0.6) is 0 Å². The quantitative estimate of drug-likeness (QED) is 0.883. The van der Waals surface area contributed by atoms with Gasteiger partial charge in [0, 0.05) is 30.9 Å². The average Bonchev–Trinajstić information content (AvgIpc) is 2.47. The SMILES string of the molecule is CCN(c1cc(CNC(C)(C)C)ccn1)C1CCCCC1. The van der Waals surface area contributed by atoms with E-state index in [1.165, 1.54) is 37.7 Å². The van der Waals surface area contributed by atoms with Crippen LogP contribution in [0.25, 0.3) is 0 Å². The summed E-state index contributed by atoms with van der Waals surface area (Å²) in [7, 11) is 0. The van der Waals surface area contributed by atoms with Crippen molar-refractivity contribution in [2.75, 3.05) is 11.4 Å². The highest BCUT2D eigenvalue weighted by molar-refractivity contribution is 5.42. The largest absolute Gasteiger partial charge is 0.354 e. The fraction of sp³-hybridized carbons (Fsp3) is 0.722. The fourth-order valence-corrected chi connectivity index (χ4v) is 3.09. The van der Waals surface area contributed by atoms with Gasteiger partial charge in [-0.25, -0.2) is 4.98 Å². The lowest BCUT2D eigenvalue weighted by atomic mass is 9.94. The Hall–Kier alpha value is -1.09. The molecule has 3 heteroatoms. The maximum atomic E-state index is 4.63. The van der Waals surface area contributed by atoms with E-state index >= 15 is 0 Å². The van der Waals surface area contributed by atoms with E-state index in [1.54, 1.807) is 0 Å². The van der Waals surface area contributed by atoms with Gasteiger partial charge in [-0.15, -0.1) is 0 Å². The van der Waals surface area contributed by atoms with Gasteiger partial charge in [0.25, 0.3) is 0 Å².